The SMILES string of the molecule is CCCCC(CC)CN(c1ccc(F)[c]([Ti]([C]2=CC=CC2)([C]2=CC=CC2)[c]2c(F)ccc(N(CC(CC)CCCC)S(=O)(=O)c3ccc(C)cc3)c2F)c1F)S(=O)(=O)c1ccc(C)cc1. The van der Waals surface area contributed by atoms with E-state index >= 15 is 17.6 Å². The number of halogens is 4. The van der Waals surface area contributed by atoms with E-state index in [1.54, 1.807) is 60.7 Å². The molecule has 0 spiro atoms. The molecular formula is C52H62F4N2O4S2Ti. The van der Waals surface area contributed by atoms with Gasteiger partial charge in [-0.15, -0.1) is 0 Å². The molecule has 0 amide bonds. The Kier molecular flexibility index (Phi) is 16.7. The first-order valence-electron chi connectivity index (χ1n) is 23.0. The van der Waals surface area contributed by atoms with Gasteiger partial charge in [-0.1, -0.05) is 0 Å². The van der Waals surface area contributed by atoms with Crippen molar-refractivity contribution in [1.29, 1.82) is 0 Å². The number of allylic oxidation sites excluding steroid dienone is 8. The van der Waals surface area contributed by atoms with E-state index in [2.05, 4.69) is 0 Å². The monoisotopic (exact) mass is 966 g/mol. The molecule has 2 aliphatic rings. The van der Waals surface area contributed by atoms with Crippen LogP contribution in [0.25, 0.3) is 0 Å². The van der Waals surface area contributed by atoms with Crippen molar-refractivity contribution in [3.63, 3.8) is 0 Å². The average molecular weight is 967 g/mol. The van der Waals surface area contributed by atoms with E-state index in [0.717, 1.165) is 69.7 Å². The van der Waals surface area contributed by atoms with Crippen molar-refractivity contribution in [2.75, 3.05) is 21.7 Å². The van der Waals surface area contributed by atoms with Crippen molar-refractivity contribution in [3.8, 4) is 0 Å². The Morgan fingerprint density at radius 3 is 1.23 bits per heavy atom. The predicted molar refractivity (Wildman–Crippen MR) is 254 cm³/mol. The predicted octanol–water partition coefficient (Wildman–Crippen LogP) is 12.5. The molecule has 0 N–H and O–H groups in total. The zero-order valence-corrected chi connectivity index (χ0v) is 41.6. The molecule has 0 saturated heterocycles. The molecule has 65 heavy (non-hydrogen) atoms. The molecule has 2 atom stereocenters. The van der Waals surface area contributed by atoms with Crippen LogP contribution < -0.4 is 16.3 Å². The number of hydrogen-bond donors (Lipinski definition) is 0. The molecule has 0 bridgehead atoms. The molecule has 0 fully saturated rings. The van der Waals surface area contributed by atoms with E-state index in [1.165, 1.54) is 24.3 Å². The van der Waals surface area contributed by atoms with Crippen LogP contribution in [0.4, 0.5) is 28.9 Å². The standard InChI is InChI=1S/2C21H26F2NO2S.2C5H5.Ti/c2*1-4-6-7-17(5-2)15-24(21-13-10-18(22)14-20(21)23)27(25,26)19-11-8-16(3)9-12-19;2*1-2-4-5-3-1;/h2*8-13,17H,4-7,15H2,1-3H3;2*1-3H,4H2;. The van der Waals surface area contributed by atoms with Gasteiger partial charge < -0.3 is 0 Å². The van der Waals surface area contributed by atoms with Gasteiger partial charge in [0.25, 0.3) is 0 Å². The van der Waals surface area contributed by atoms with Crippen molar-refractivity contribution in [3.05, 3.63) is 151 Å². The Bertz CT molecular complexity index is 2500. The van der Waals surface area contributed by atoms with Crippen molar-refractivity contribution >= 4 is 39.2 Å². The number of hydrogen-bond acceptors (Lipinski definition) is 4. The quantitative estimate of drug-likeness (QED) is 0.0581. The average Bonchev–Trinajstić information content (AvgIpc) is 4.04. The first-order chi connectivity index (χ1) is 31.1. The fourth-order valence-corrected chi connectivity index (χ4v) is 20.5. The molecule has 2 aliphatic carbocycles. The fourth-order valence-electron chi connectivity index (χ4n) is 9.21. The van der Waals surface area contributed by atoms with Gasteiger partial charge in [-0.25, -0.2) is 0 Å². The van der Waals surface area contributed by atoms with Crippen LogP contribution in [0.2, 0.25) is 0 Å². The normalized spacial score (nSPS) is 15.0. The second-order valence-corrected chi connectivity index (χ2v) is 27.1. The molecule has 13 heteroatoms. The maximum atomic E-state index is 18.5. The van der Waals surface area contributed by atoms with Crippen molar-refractivity contribution in [2.24, 2.45) is 11.8 Å². The van der Waals surface area contributed by atoms with Gasteiger partial charge in [0.05, 0.1) is 0 Å². The number of rotatable bonds is 22. The van der Waals surface area contributed by atoms with E-state index in [9.17, 15) is 16.8 Å². The summed E-state index contributed by atoms with van der Waals surface area (Å²) in [4.78, 5) is -0.165. The van der Waals surface area contributed by atoms with Crippen molar-refractivity contribution < 1.29 is 51.0 Å². The summed E-state index contributed by atoms with van der Waals surface area (Å²) in [6, 6.07) is 16.7. The third kappa shape index (κ3) is 10.2. The second-order valence-electron chi connectivity index (χ2n) is 17.4. The molecule has 4 aromatic rings. The Labute approximate surface area is 388 Å². The minimum atomic E-state index is -5.64. The number of sulfonamides is 2. The number of aryl methyl sites for hydroxylation is 2. The zero-order chi connectivity index (χ0) is 47.1. The van der Waals surface area contributed by atoms with Crippen LogP contribution in [0, 0.1) is 49.0 Å². The summed E-state index contributed by atoms with van der Waals surface area (Å²) < 4.78 is 133. The Morgan fingerprint density at radius 1 is 0.554 bits per heavy atom. The van der Waals surface area contributed by atoms with Gasteiger partial charge >= 0.3 is 391 Å². The molecular weight excluding hydrogens is 905 g/mol. The molecule has 0 radical (unpaired) electrons. The summed E-state index contributed by atoms with van der Waals surface area (Å²) in [5.41, 5.74) is 0.787. The van der Waals surface area contributed by atoms with Crippen LogP contribution >= 0.6 is 0 Å². The van der Waals surface area contributed by atoms with E-state index in [-0.39, 0.29) is 47.6 Å². The molecule has 0 heterocycles. The number of nitrogens with zero attached hydrogens (tertiary/aromatic N) is 2. The molecule has 4 aromatic carbocycles. The van der Waals surface area contributed by atoms with Crippen LogP contribution in [0.5, 0.6) is 0 Å². The van der Waals surface area contributed by atoms with Gasteiger partial charge in [-0.3, -0.25) is 0 Å². The van der Waals surface area contributed by atoms with E-state index in [0.29, 0.717) is 33.4 Å². The molecule has 2 unspecified atom stereocenters. The summed E-state index contributed by atoms with van der Waals surface area (Å²) in [7, 11) is -8.97. The van der Waals surface area contributed by atoms with E-state index in [4.69, 9.17) is 0 Å². The molecule has 6 nitrogen and oxygen atoms in total. The summed E-state index contributed by atoms with van der Waals surface area (Å²) in [5.74, 6) is -4.98. The van der Waals surface area contributed by atoms with E-state index in [1.807, 2.05) is 41.5 Å². The van der Waals surface area contributed by atoms with Crippen LogP contribution in [0.1, 0.15) is 103 Å². The van der Waals surface area contributed by atoms with Gasteiger partial charge in [-0.2, -0.15) is 0 Å². The molecule has 6 rings (SSSR count). The van der Waals surface area contributed by atoms with Crippen molar-refractivity contribution in [1.82, 2.24) is 0 Å². The van der Waals surface area contributed by atoms with Crippen LogP contribution in [-0.2, 0) is 36.6 Å². The molecule has 348 valence electrons. The van der Waals surface area contributed by atoms with Crippen LogP contribution in [0.3, 0.4) is 0 Å². The third-order valence-electron chi connectivity index (χ3n) is 13.1. The fraction of sp³-hybridized carbons (Fsp3) is 0.385. The van der Waals surface area contributed by atoms with Gasteiger partial charge in [0, 0.05) is 0 Å². The maximum absolute atomic E-state index is 18.5. The summed E-state index contributed by atoms with van der Waals surface area (Å²) in [5, 5.41) is 0. The summed E-state index contributed by atoms with van der Waals surface area (Å²) in [6.07, 6.45) is 16.3. The second kappa shape index (κ2) is 21.6. The minimum absolute atomic E-state index is 0.0825. The zero-order valence-electron chi connectivity index (χ0n) is 38.4. The molecule has 0 aliphatic heterocycles. The topological polar surface area (TPSA) is 74.8 Å². The third-order valence-corrected chi connectivity index (χ3v) is 24.6. The Hall–Kier alpha value is -4.23. The van der Waals surface area contributed by atoms with Gasteiger partial charge in [0.2, 0.25) is 0 Å². The van der Waals surface area contributed by atoms with Gasteiger partial charge in [0.1, 0.15) is 0 Å². The van der Waals surface area contributed by atoms with Gasteiger partial charge in [0.15, 0.2) is 0 Å². The summed E-state index contributed by atoms with van der Waals surface area (Å²) in [6.45, 7) is 11.3. The van der Waals surface area contributed by atoms with E-state index < -0.39 is 79.0 Å². The Morgan fingerprint density at radius 2 is 0.923 bits per heavy atom. The molecule has 0 aromatic heterocycles. The van der Waals surface area contributed by atoms with Gasteiger partial charge in [-0.05, 0) is 0 Å². The number of anilines is 2. The number of unbranched alkanes of at least 4 members (excludes halogenated alkanes) is 2. The van der Waals surface area contributed by atoms with Crippen molar-refractivity contribution in [2.45, 2.75) is 116 Å². The van der Waals surface area contributed by atoms with Crippen LogP contribution in [-0.4, -0.2) is 29.9 Å². The Balaban J connectivity index is 1.69. The first-order valence-corrected chi connectivity index (χ1v) is 29.0. The van der Waals surface area contributed by atoms with Crippen LogP contribution in [0.15, 0.2) is 127 Å². The first kappa shape index (κ1) is 50.2. The number of benzene rings is 4. The summed E-state index contributed by atoms with van der Waals surface area (Å²) >= 11 is -5.64. The molecule has 0 saturated carbocycles.